The van der Waals surface area contributed by atoms with Gasteiger partial charge in [0.25, 0.3) is 5.91 Å². The number of hydrazine groups is 1. The number of nitrogens with two attached hydrogens (primary N) is 1. The van der Waals surface area contributed by atoms with Crippen LogP contribution in [0, 0.1) is 0 Å². The molecule has 0 bridgehead atoms. The maximum absolute atomic E-state index is 12.8. The van der Waals surface area contributed by atoms with Crippen LogP contribution in [0.15, 0.2) is 102 Å². The normalized spacial score (nSPS) is 19.1. The van der Waals surface area contributed by atoms with Gasteiger partial charge in [0.15, 0.2) is 0 Å². The first kappa shape index (κ1) is 22.5. The quantitative estimate of drug-likeness (QED) is 0.422. The molecule has 5 nitrogen and oxygen atoms in total. The first-order chi connectivity index (χ1) is 16.7. The van der Waals surface area contributed by atoms with Crippen molar-refractivity contribution >= 4 is 17.2 Å². The van der Waals surface area contributed by atoms with Gasteiger partial charge in [0.05, 0.1) is 6.17 Å². The molecule has 0 radical (unpaired) electrons. The van der Waals surface area contributed by atoms with Crippen LogP contribution in [0.5, 0.6) is 0 Å². The molecule has 1 aliphatic rings. The summed E-state index contributed by atoms with van der Waals surface area (Å²) < 4.78 is 0. The Morgan fingerprint density at radius 1 is 0.882 bits per heavy atom. The van der Waals surface area contributed by atoms with E-state index in [9.17, 15) is 4.79 Å². The number of amides is 1. The minimum atomic E-state index is -0.307. The molecule has 1 aromatic heterocycles. The summed E-state index contributed by atoms with van der Waals surface area (Å²) in [6, 6.07) is 32.8. The van der Waals surface area contributed by atoms with E-state index < -0.39 is 0 Å². The molecule has 0 saturated carbocycles. The van der Waals surface area contributed by atoms with Crippen molar-refractivity contribution in [3.63, 3.8) is 0 Å². The van der Waals surface area contributed by atoms with Gasteiger partial charge in [-0.15, -0.1) is 11.3 Å². The first-order valence-corrected chi connectivity index (χ1v) is 12.4. The summed E-state index contributed by atoms with van der Waals surface area (Å²) in [5.41, 5.74) is 13.9. The molecule has 34 heavy (non-hydrogen) atoms. The Morgan fingerprint density at radius 2 is 1.59 bits per heavy atom. The van der Waals surface area contributed by atoms with Crippen molar-refractivity contribution in [1.82, 2.24) is 15.3 Å². The number of nitrogens with one attached hydrogen (secondary N) is 1. The highest BCUT2D eigenvalue weighted by Gasteiger charge is 2.34. The predicted molar refractivity (Wildman–Crippen MR) is 138 cm³/mol. The molecule has 0 aliphatic carbocycles. The second-order valence-corrected chi connectivity index (χ2v) is 9.50. The molecule has 1 fully saturated rings. The van der Waals surface area contributed by atoms with Gasteiger partial charge in [-0.2, -0.15) is 0 Å². The molecule has 1 saturated heterocycles. The van der Waals surface area contributed by atoms with E-state index in [1.54, 1.807) is 11.3 Å². The van der Waals surface area contributed by atoms with Crippen LogP contribution in [0.2, 0.25) is 0 Å². The summed E-state index contributed by atoms with van der Waals surface area (Å²) in [5, 5.41) is 3.98. The molecule has 3 aromatic carbocycles. The molecule has 1 aliphatic heterocycles. The SMILES string of the molecule is NC1CN(Cc2ccccc2)C(c2ccc(-c3cccs3)cc2)CN1NC(=O)c1ccccc1. The molecule has 6 heteroatoms. The van der Waals surface area contributed by atoms with Crippen molar-refractivity contribution in [1.29, 1.82) is 0 Å². The fourth-order valence-corrected chi connectivity index (χ4v) is 5.17. The van der Waals surface area contributed by atoms with Crippen LogP contribution in [0.25, 0.3) is 10.4 Å². The van der Waals surface area contributed by atoms with E-state index in [4.69, 9.17) is 5.73 Å². The fraction of sp³-hybridized carbons (Fsp3) is 0.179. The highest BCUT2D eigenvalue weighted by Crippen LogP contribution is 2.31. The lowest BCUT2D eigenvalue weighted by atomic mass is 9.99. The number of nitrogens with zero attached hydrogens (tertiary/aromatic N) is 2. The summed E-state index contributed by atoms with van der Waals surface area (Å²) in [6.45, 7) is 2.04. The summed E-state index contributed by atoms with van der Waals surface area (Å²) in [6.07, 6.45) is -0.307. The summed E-state index contributed by atoms with van der Waals surface area (Å²) >= 11 is 1.74. The Labute approximate surface area is 204 Å². The third kappa shape index (κ3) is 5.11. The van der Waals surface area contributed by atoms with Gasteiger partial charge in [0, 0.05) is 36.1 Å². The summed E-state index contributed by atoms with van der Waals surface area (Å²) in [7, 11) is 0. The van der Waals surface area contributed by atoms with Gasteiger partial charge in [-0.3, -0.25) is 15.1 Å². The first-order valence-electron chi connectivity index (χ1n) is 11.5. The second kappa shape index (κ2) is 10.3. The van der Waals surface area contributed by atoms with Crippen LogP contribution in [0.1, 0.15) is 27.5 Å². The molecular formula is C28H28N4OS. The third-order valence-electron chi connectivity index (χ3n) is 6.24. The highest BCUT2D eigenvalue weighted by atomic mass is 32.1. The monoisotopic (exact) mass is 468 g/mol. The van der Waals surface area contributed by atoms with Gasteiger partial charge in [-0.25, -0.2) is 5.01 Å². The number of thiophene rings is 1. The van der Waals surface area contributed by atoms with E-state index in [-0.39, 0.29) is 18.1 Å². The molecule has 2 heterocycles. The van der Waals surface area contributed by atoms with Crippen molar-refractivity contribution < 1.29 is 4.79 Å². The van der Waals surface area contributed by atoms with Crippen molar-refractivity contribution in [2.45, 2.75) is 18.8 Å². The molecular weight excluding hydrogens is 440 g/mol. The van der Waals surface area contributed by atoms with Crippen LogP contribution in [0.4, 0.5) is 0 Å². The average Bonchev–Trinajstić information content (AvgIpc) is 3.42. The largest absolute Gasteiger partial charge is 0.313 e. The lowest BCUT2D eigenvalue weighted by molar-refractivity contribution is -0.00485. The second-order valence-electron chi connectivity index (χ2n) is 8.56. The lowest BCUT2D eigenvalue weighted by Gasteiger charge is -2.45. The summed E-state index contributed by atoms with van der Waals surface area (Å²) in [5.74, 6) is -0.139. The average molecular weight is 469 g/mol. The zero-order valence-electron chi connectivity index (χ0n) is 18.9. The molecule has 0 spiro atoms. The van der Waals surface area contributed by atoms with Crippen molar-refractivity contribution in [2.24, 2.45) is 5.73 Å². The lowest BCUT2D eigenvalue weighted by Crippen LogP contribution is -2.63. The Hall–Kier alpha value is -3.29. The van der Waals surface area contributed by atoms with Crippen molar-refractivity contribution in [3.8, 4) is 10.4 Å². The smallest absolute Gasteiger partial charge is 0.265 e. The maximum atomic E-state index is 12.8. The minimum absolute atomic E-state index is 0.0912. The van der Waals surface area contributed by atoms with E-state index >= 15 is 0 Å². The van der Waals surface area contributed by atoms with Crippen molar-refractivity contribution in [3.05, 3.63) is 119 Å². The Bertz CT molecular complexity index is 1200. The summed E-state index contributed by atoms with van der Waals surface area (Å²) in [4.78, 5) is 16.5. The van der Waals surface area contributed by atoms with E-state index in [2.05, 4.69) is 76.4 Å². The number of hydrogen-bond donors (Lipinski definition) is 2. The van der Waals surface area contributed by atoms with Crippen LogP contribution < -0.4 is 11.2 Å². The maximum Gasteiger partial charge on any atom is 0.265 e. The van der Waals surface area contributed by atoms with E-state index in [1.165, 1.54) is 21.6 Å². The number of rotatable bonds is 6. The topological polar surface area (TPSA) is 61.6 Å². The number of hydrogen-bond acceptors (Lipinski definition) is 5. The standard InChI is InChI=1S/C28H28N4OS/c29-27-20-31(18-21-8-3-1-4-9-21)25(19-32(27)30-28(33)24-10-5-2-6-11-24)22-13-15-23(16-14-22)26-12-7-17-34-26/h1-17,25,27H,18-20,29H2,(H,30,33). The van der Waals surface area contributed by atoms with Gasteiger partial charge in [0.1, 0.15) is 0 Å². The van der Waals surface area contributed by atoms with Gasteiger partial charge >= 0.3 is 0 Å². The van der Waals surface area contributed by atoms with Crippen LogP contribution in [0.3, 0.4) is 0 Å². The number of piperazine rings is 1. The van der Waals surface area contributed by atoms with Gasteiger partial charge in [-0.1, -0.05) is 78.9 Å². The number of carbonyl (C=O) groups is 1. The van der Waals surface area contributed by atoms with Crippen LogP contribution >= 0.6 is 11.3 Å². The molecule has 5 rings (SSSR count). The Balaban J connectivity index is 1.39. The predicted octanol–water partition coefficient (Wildman–Crippen LogP) is 4.90. The van der Waals surface area contributed by atoms with E-state index in [1.807, 2.05) is 41.4 Å². The number of carbonyl (C=O) groups excluding carboxylic acids is 1. The third-order valence-corrected chi connectivity index (χ3v) is 7.16. The highest BCUT2D eigenvalue weighted by molar-refractivity contribution is 7.13. The molecule has 172 valence electrons. The van der Waals surface area contributed by atoms with Crippen LogP contribution in [-0.4, -0.2) is 35.1 Å². The fourth-order valence-electron chi connectivity index (χ4n) is 4.44. The Kier molecular flexibility index (Phi) is 6.83. The molecule has 1 amide bonds. The van der Waals surface area contributed by atoms with E-state index in [0.717, 1.165) is 6.54 Å². The molecule has 4 aromatic rings. The van der Waals surface area contributed by atoms with Gasteiger partial charge in [0.2, 0.25) is 0 Å². The molecule has 2 atom stereocenters. The Morgan fingerprint density at radius 3 is 2.26 bits per heavy atom. The zero-order chi connectivity index (χ0) is 23.3. The van der Waals surface area contributed by atoms with Gasteiger partial charge < -0.3 is 5.73 Å². The molecule has 3 N–H and O–H groups in total. The van der Waals surface area contributed by atoms with E-state index in [0.29, 0.717) is 18.7 Å². The van der Waals surface area contributed by atoms with Crippen molar-refractivity contribution in [2.75, 3.05) is 13.1 Å². The van der Waals surface area contributed by atoms with Gasteiger partial charge in [-0.05, 0) is 40.3 Å². The van der Waals surface area contributed by atoms with Crippen LogP contribution in [-0.2, 0) is 6.54 Å². The zero-order valence-corrected chi connectivity index (χ0v) is 19.7. The number of benzene rings is 3. The minimum Gasteiger partial charge on any atom is -0.313 e. The molecule has 2 unspecified atom stereocenters.